The summed E-state index contributed by atoms with van der Waals surface area (Å²) in [6.45, 7) is 0.143. The number of nitrogens with zero attached hydrogens (tertiary/aromatic N) is 3. The van der Waals surface area contributed by atoms with Crippen molar-refractivity contribution in [2.75, 3.05) is 0 Å². The Morgan fingerprint density at radius 1 is 1.32 bits per heavy atom. The van der Waals surface area contributed by atoms with Crippen LogP contribution in [-0.2, 0) is 6.61 Å². The highest BCUT2D eigenvalue weighted by molar-refractivity contribution is 9.10. The van der Waals surface area contributed by atoms with Crippen LogP contribution in [-0.4, -0.2) is 15.1 Å². The number of hydrogen-bond donors (Lipinski definition) is 0. The smallest absolute Gasteiger partial charge is 0.287 e. The van der Waals surface area contributed by atoms with Crippen LogP contribution in [0.15, 0.2) is 34.8 Å². The molecule has 0 atom stereocenters. The molecule has 1 aromatic carbocycles. The molecule has 19 heavy (non-hydrogen) atoms. The Hall–Kier alpha value is -1.73. The molecule has 0 bridgehead atoms. The molecular weight excluding hydrogens is 337 g/mol. The van der Waals surface area contributed by atoms with Crippen LogP contribution in [0.5, 0.6) is 5.75 Å². The van der Waals surface area contributed by atoms with Crippen molar-refractivity contribution in [2.45, 2.75) is 6.61 Å². The van der Waals surface area contributed by atoms with E-state index in [1.807, 2.05) is 0 Å². The van der Waals surface area contributed by atoms with E-state index in [2.05, 4.69) is 26.1 Å². The summed E-state index contributed by atoms with van der Waals surface area (Å²) in [7, 11) is 0. The summed E-state index contributed by atoms with van der Waals surface area (Å²) >= 11 is 8.76. The van der Waals surface area contributed by atoms with Crippen molar-refractivity contribution in [3.8, 4) is 5.75 Å². The van der Waals surface area contributed by atoms with Gasteiger partial charge in [-0.05, 0) is 34.1 Å². The molecule has 6 nitrogen and oxygen atoms in total. The molecule has 0 spiro atoms. The Labute approximate surface area is 121 Å². The normalized spacial score (nSPS) is 10.2. The summed E-state index contributed by atoms with van der Waals surface area (Å²) in [6, 6.07) is 7.82. The monoisotopic (exact) mass is 343 g/mol. The Morgan fingerprint density at radius 2 is 2.11 bits per heavy atom. The minimum absolute atomic E-state index is 0.0558. The van der Waals surface area contributed by atoms with Gasteiger partial charge in [-0.15, -0.1) is 5.10 Å². The van der Waals surface area contributed by atoms with Gasteiger partial charge >= 0.3 is 0 Å². The summed E-state index contributed by atoms with van der Waals surface area (Å²) in [5, 5.41) is 18.6. The highest BCUT2D eigenvalue weighted by atomic mass is 79.9. The standard InChI is InChI=1S/C11H7BrClN3O3/c12-11-8(16(17)18)2-1-3-9(11)19-6-7-4-5-10(13)15-14-7/h1-5H,6H2. The van der Waals surface area contributed by atoms with E-state index in [4.69, 9.17) is 16.3 Å². The molecule has 0 unspecified atom stereocenters. The lowest BCUT2D eigenvalue weighted by Crippen LogP contribution is -2.01. The lowest BCUT2D eigenvalue weighted by molar-refractivity contribution is -0.385. The Kier molecular flexibility index (Phi) is 4.28. The van der Waals surface area contributed by atoms with Crippen LogP contribution in [0.2, 0.25) is 5.15 Å². The molecular formula is C11H7BrClN3O3. The number of nitro groups is 1. The van der Waals surface area contributed by atoms with Crippen molar-refractivity contribution in [3.63, 3.8) is 0 Å². The molecule has 0 radical (unpaired) electrons. The van der Waals surface area contributed by atoms with Gasteiger partial charge in [-0.1, -0.05) is 17.7 Å². The minimum Gasteiger partial charge on any atom is -0.486 e. The quantitative estimate of drug-likeness (QED) is 0.627. The molecule has 1 heterocycles. The fourth-order valence-electron chi connectivity index (χ4n) is 1.32. The number of ether oxygens (including phenoxy) is 1. The van der Waals surface area contributed by atoms with Gasteiger partial charge in [0.05, 0.1) is 4.92 Å². The maximum Gasteiger partial charge on any atom is 0.287 e. The van der Waals surface area contributed by atoms with Crippen LogP contribution in [0.25, 0.3) is 0 Å². The van der Waals surface area contributed by atoms with Crippen LogP contribution >= 0.6 is 27.5 Å². The Morgan fingerprint density at radius 3 is 2.74 bits per heavy atom. The number of rotatable bonds is 4. The van der Waals surface area contributed by atoms with Crippen molar-refractivity contribution in [3.05, 3.63) is 55.8 Å². The molecule has 0 aliphatic carbocycles. The van der Waals surface area contributed by atoms with Crippen LogP contribution in [0, 0.1) is 10.1 Å². The highest BCUT2D eigenvalue weighted by Crippen LogP contribution is 2.34. The van der Waals surface area contributed by atoms with Gasteiger partial charge in [-0.2, -0.15) is 5.10 Å². The lowest BCUT2D eigenvalue weighted by atomic mass is 10.3. The molecule has 2 aromatic rings. The van der Waals surface area contributed by atoms with E-state index in [1.165, 1.54) is 6.07 Å². The number of nitro benzene ring substituents is 1. The second-order valence-corrected chi connectivity index (χ2v) is 4.66. The second kappa shape index (κ2) is 5.94. The van der Waals surface area contributed by atoms with E-state index in [1.54, 1.807) is 24.3 Å². The first-order valence-corrected chi connectivity index (χ1v) is 6.29. The summed E-state index contributed by atoms with van der Waals surface area (Å²) in [5.74, 6) is 0.367. The third kappa shape index (κ3) is 3.39. The van der Waals surface area contributed by atoms with Gasteiger partial charge in [0, 0.05) is 6.07 Å². The van der Waals surface area contributed by atoms with E-state index in [9.17, 15) is 10.1 Å². The average Bonchev–Trinajstić information content (AvgIpc) is 2.39. The minimum atomic E-state index is -0.487. The van der Waals surface area contributed by atoms with Crippen molar-refractivity contribution in [1.82, 2.24) is 10.2 Å². The molecule has 2 rings (SSSR count). The summed E-state index contributed by atoms with van der Waals surface area (Å²) in [6.07, 6.45) is 0. The van der Waals surface area contributed by atoms with Crippen molar-refractivity contribution in [1.29, 1.82) is 0 Å². The first-order valence-electron chi connectivity index (χ1n) is 5.11. The van der Waals surface area contributed by atoms with Crippen molar-refractivity contribution in [2.24, 2.45) is 0 Å². The zero-order valence-electron chi connectivity index (χ0n) is 9.42. The number of hydrogen-bond acceptors (Lipinski definition) is 5. The molecule has 98 valence electrons. The highest BCUT2D eigenvalue weighted by Gasteiger charge is 2.15. The van der Waals surface area contributed by atoms with Gasteiger partial charge in [-0.25, -0.2) is 0 Å². The topological polar surface area (TPSA) is 78.2 Å². The van der Waals surface area contributed by atoms with E-state index < -0.39 is 4.92 Å². The number of aromatic nitrogens is 2. The molecule has 0 aliphatic heterocycles. The van der Waals surface area contributed by atoms with E-state index >= 15 is 0 Å². The van der Waals surface area contributed by atoms with E-state index in [0.29, 0.717) is 21.1 Å². The lowest BCUT2D eigenvalue weighted by Gasteiger charge is -2.07. The zero-order chi connectivity index (χ0) is 13.8. The van der Waals surface area contributed by atoms with Crippen LogP contribution in [0.1, 0.15) is 5.69 Å². The summed E-state index contributed by atoms with van der Waals surface area (Å²) in [4.78, 5) is 10.3. The molecule has 0 N–H and O–H groups in total. The Bertz CT molecular complexity index is 607. The first kappa shape index (κ1) is 13.7. The second-order valence-electron chi connectivity index (χ2n) is 3.48. The van der Waals surface area contributed by atoms with Crippen LogP contribution in [0.3, 0.4) is 0 Å². The summed E-state index contributed by atoms with van der Waals surface area (Å²) < 4.78 is 5.75. The fraction of sp³-hybridized carbons (Fsp3) is 0.0909. The van der Waals surface area contributed by atoms with Crippen LogP contribution < -0.4 is 4.74 Å². The molecule has 0 fully saturated rings. The predicted octanol–water partition coefficient (Wildman–Crippen LogP) is 3.38. The van der Waals surface area contributed by atoms with Crippen molar-refractivity contribution >= 4 is 33.2 Å². The SMILES string of the molecule is O=[N+]([O-])c1cccc(OCc2ccc(Cl)nn2)c1Br. The molecule has 0 amide bonds. The van der Waals surface area contributed by atoms with Gasteiger partial charge in [0.2, 0.25) is 0 Å². The van der Waals surface area contributed by atoms with E-state index in [0.717, 1.165) is 0 Å². The average molecular weight is 345 g/mol. The van der Waals surface area contributed by atoms with Gasteiger partial charge in [0.25, 0.3) is 5.69 Å². The molecule has 0 aliphatic rings. The zero-order valence-corrected chi connectivity index (χ0v) is 11.8. The van der Waals surface area contributed by atoms with Gasteiger partial charge in [-0.3, -0.25) is 10.1 Å². The molecule has 1 aromatic heterocycles. The maximum atomic E-state index is 10.8. The molecule has 0 saturated carbocycles. The molecule has 8 heteroatoms. The maximum absolute atomic E-state index is 10.8. The van der Waals surface area contributed by atoms with Gasteiger partial charge in [0.1, 0.15) is 22.5 Å². The van der Waals surface area contributed by atoms with Crippen LogP contribution in [0.4, 0.5) is 5.69 Å². The Balaban J connectivity index is 2.13. The van der Waals surface area contributed by atoms with Gasteiger partial charge in [0.15, 0.2) is 5.15 Å². The third-order valence-corrected chi connectivity index (χ3v) is 3.20. The van der Waals surface area contributed by atoms with Crippen molar-refractivity contribution < 1.29 is 9.66 Å². The number of benzene rings is 1. The largest absolute Gasteiger partial charge is 0.486 e. The van der Waals surface area contributed by atoms with E-state index in [-0.39, 0.29) is 12.3 Å². The summed E-state index contributed by atoms with van der Waals surface area (Å²) in [5.41, 5.74) is 0.516. The molecule has 0 saturated heterocycles. The first-order chi connectivity index (χ1) is 9.08. The number of halogens is 2. The van der Waals surface area contributed by atoms with Gasteiger partial charge < -0.3 is 4.74 Å². The predicted molar refractivity (Wildman–Crippen MR) is 72.2 cm³/mol. The fourth-order valence-corrected chi connectivity index (χ4v) is 1.95. The third-order valence-electron chi connectivity index (χ3n) is 2.20.